The van der Waals surface area contributed by atoms with Crippen molar-refractivity contribution in [2.24, 2.45) is 5.41 Å². The second kappa shape index (κ2) is 5.04. The zero-order valence-corrected chi connectivity index (χ0v) is 13.2. The molecule has 0 bridgehead atoms. The van der Waals surface area contributed by atoms with E-state index in [2.05, 4.69) is 31.0 Å². The minimum Gasteiger partial charge on any atom is -0.308 e. The van der Waals surface area contributed by atoms with E-state index in [1.807, 2.05) is 0 Å². The van der Waals surface area contributed by atoms with Gasteiger partial charge in [-0.1, -0.05) is 46.5 Å². The Labute approximate surface area is 119 Å². The molecule has 3 rings (SSSR count). The zero-order chi connectivity index (χ0) is 13.5. The van der Waals surface area contributed by atoms with Crippen LogP contribution in [0.25, 0.3) is 0 Å². The van der Waals surface area contributed by atoms with Gasteiger partial charge >= 0.3 is 0 Å². The molecule has 0 aromatic heterocycles. The van der Waals surface area contributed by atoms with Gasteiger partial charge < -0.3 is 5.32 Å². The molecule has 1 aliphatic heterocycles. The zero-order valence-electron chi connectivity index (χ0n) is 13.2. The van der Waals surface area contributed by atoms with Crippen molar-refractivity contribution < 1.29 is 0 Å². The lowest BCUT2D eigenvalue weighted by atomic mass is 9.80. The molecule has 19 heavy (non-hydrogen) atoms. The van der Waals surface area contributed by atoms with E-state index < -0.39 is 0 Å². The van der Waals surface area contributed by atoms with Gasteiger partial charge in [0.25, 0.3) is 0 Å². The van der Waals surface area contributed by atoms with Crippen LogP contribution >= 0.6 is 0 Å². The Morgan fingerprint density at radius 3 is 2.21 bits per heavy atom. The van der Waals surface area contributed by atoms with Crippen molar-refractivity contribution in [2.75, 3.05) is 13.1 Å². The molecule has 0 aromatic rings. The fourth-order valence-electron chi connectivity index (χ4n) is 4.76. The number of hydrogen-bond acceptors (Lipinski definition) is 2. The van der Waals surface area contributed by atoms with Crippen LogP contribution in [0.3, 0.4) is 0 Å². The lowest BCUT2D eigenvalue weighted by Crippen LogP contribution is -2.67. The quantitative estimate of drug-likeness (QED) is 0.779. The Bertz CT molecular complexity index is 306. The third-order valence-electron chi connectivity index (χ3n) is 5.91. The van der Waals surface area contributed by atoms with E-state index in [0.29, 0.717) is 11.0 Å². The number of nitrogens with zero attached hydrogens (tertiary/aromatic N) is 1. The van der Waals surface area contributed by atoms with Crippen molar-refractivity contribution in [3.8, 4) is 0 Å². The molecule has 1 N–H and O–H groups in total. The van der Waals surface area contributed by atoms with Crippen LogP contribution in [0.5, 0.6) is 0 Å². The molecule has 3 fully saturated rings. The van der Waals surface area contributed by atoms with E-state index in [1.54, 1.807) is 0 Å². The van der Waals surface area contributed by atoms with E-state index in [4.69, 9.17) is 0 Å². The molecule has 2 nitrogen and oxygen atoms in total. The first kappa shape index (κ1) is 13.9. The summed E-state index contributed by atoms with van der Waals surface area (Å²) in [5, 5.41) is 3.96. The van der Waals surface area contributed by atoms with Crippen LogP contribution in [-0.4, -0.2) is 35.6 Å². The third-order valence-corrected chi connectivity index (χ3v) is 5.91. The molecule has 0 amide bonds. The highest BCUT2D eigenvalue weighted by molar-refractivity contribution is 5.05. The van der Waals surface area contributed by atoms with E-state index >= 15 is 0 Å². The topological polar surface area (TPSA) is 15.3 Å². The van der Waals surface area contributed by atoms with Crippen LogP contribution in [0.1, 0.15) is 72.1 Å². The van der Waals surface area contributed by atoms with E-state index in [-0.39, 0.29) is 0 Å². The third kappa shape index (κ3) is 2.71. The summed E-state index contributed by atoms with van der Waals surface area (Å²) in [5.74, 6) is 0. The highest BCUT2D eigenvalue weighted by Crippen LogP contribution is 2.40. The van der Waals surface area contributed by atoms with Gasteiger partial charge in [0.1, 0.15) is 0 Å². The first-order chi connectivity index (χ1) is 9.00. The van der Waals surface area contributed by atoms with Crippen molar-refractivity contribution >= 4 is 0 Å². The number of rotatable bonds is 1. The van der Waals surface area contributed by atoms with Gasteiger partial charge in [0.2, 0.25) is 0 Å². The second-order valence-electron chi connectivity index (χ2n) is 8.36. The Balaban J connectivity index is 1.78. The Hall–Kier alpha value is -0.0800. The predicted octanol–water partition coefficient (Wildman–Crippen LogP) is 3.56. The van der Waals surface area contributed by atoms with Gasteiger partial charge in [-0.15, -0.1) is 0 Å². The molecule has 1 heterocycles. The first-order valence-corrected chi connectivity index (χ1v) is 8.51. The minimum absolute atomic E-state index is 0.399. The van der Waals surface area contributed by atoms with Crippen molar-refractivity contribution in [1.29, 1.82) is 0 Å². The molecule has 1 unspecified atom stereocenters. The molecule has 2 aliphatic carbocycles. The minimum atomic E-state index is 0.399. The van der Waals surface area contributed by atoms with Gasteiger partial charge in [-0.05, 0) is 31.1 Å². The monoisotopic (exact) mass is 264 g/mol. The molecule has 2 saturated carbocycles. The molecule has 3 aliphatic rings. The average molecular weight is 264 g/mol. The van der Waals surface area contributed by atoms with Gasteiger partial charge in [0, 0.05) is 30.7 Å². The second-order valence-corrected chi connectivity index (χ2v) is 8.36. The fourth-order valence-corrected chi connectivity index (χ4v) is 4.76. The molecule has 110 valence electrons. The molecular weight excluding hydrogens is 232 g/mol. The van der Waals surface area contributed by atoms with Gasteiger partial charge in [0.05, 0.1) is 0 Å². The molecule has 1 atom stereocenters. The van der Waals surface area contributed by atoms with Gasteiger partial charge in [-0.2, -0.15) is 0 Å². The van der Waals surface area contributed by atoms with E-state index in [0.717, 1.165) is 12.1 Å². The first-order valence-electron chi connectivity index (χ1n) is 8.51. The highest BCUT2D eigenvalue weighted by atomic mass is 15.3. The van der Waals surface area contributed by atoms with E-state index in [9.17, 15) is 0 Å². The average Bonchev–Trinajstić information content (AvgIpc) is 2.99. The predicted molar refractivity (Wildman–Crippen MR) is 81.4 cm³/mol. The molecule has 2 heteroatoms. The normalized spacial score (nSPS) is 33.3. The van der Waals surface area contributed by atoms with Crippen LogP contribution in [0.2, 0.25) is 0 Å². The maximum Gasteiger partial charge on any atom is 0.0309 e. The van der Waals surface area contributed by atoms with Crippen molar-refractivity contribution in [3.63, 3.8) is 0 Å². The summed E-state index contributed by atoms with van der Waals surface area (Å²) >= 11 is 0. The fraction of sp³-hybridized carbons (Fsp3) is 1.00. The van der Waals surface area contributed by atoms with Crippen LogP contribution in [0, 0.1) is 5.41 Å². The van der Waals surface area contributed by atoms with Crippen LogP contribution in [0.15, 0.2) is 0 Å². The molecule has 1 spiro atoms. The van der Waals surface area contributed by atoms with Gasteiger partial charge in [-0.3, -0.25) is 4.90 Å². The Kier molecular flexibility index (Phi) is 3.68. The van der Waals surface area contributed by atoms with Gasteiger partial charge in [-0.25, -0.2) is 0 Å². The summed E-state index contributed by atoms with van der Waals surface area (Å²) in [5.41, 5.74) is 0.875. The Morgan fingerprint density at radius 2 is 1.63 bits per heavy atom. The molecule has 0 aromatic carbocycles. The number of piperazine rings is 1. The molecule has 1 saturated heterocycles. The SMILES string of the molecule is CC(C)(C)C1CNC2(CCCC2)CN1C1CCCC1. The largest absolute Gasteiger partial charge is 0.308 e. The summed E-state index contributed by atoms with van der Waals surface area (Å²) in [6, 6.07) is 1.60. The lowest BCUT2D eigenvalue weighted by molar-refractivity contribution is -0.00528. The van der Waals surface area contributed by atoms with Crippen molar-refractivity contribution in [3.05, 3.63) is 0 Å². The number of nitrogens with one attached hydrogen (secondary N) is 1. The van der Waals surface area contributed by atoms with Crippen LogP contribution < -0.4 is 5.32 Å². The van der Waals surface area contributed by atoms with Crippen molar-refractivity contribution in [1.82, 2.24) is 10.2 Å². The maximum absolute atomic E-state index is 3.96. The maximum atomic E-state index is 3.96. The lowest BCUT2D eigenvalue weighted by Gasteiger charge is -2.53. The van der Waals surface area contributed by atoms with Gasteiger partial charge in [0.15, 0.2) is 0 Å². The molecular formula is C17H32N2. The van der Waals surface area contributed by atoms with Crippen molar-refractivity contribution in [2.45, 2.75) is 89.8 Å². The summed E-state index contributed by atoms with van der Waals surface area (Å²) < 4.78 is 0. The van der Waals surface area contributed by atoms with Crippen LogP contribution in [0.4, 0.5) is 0 Å². The summed E-state index contributed by atoms with van der Waals surface area (Å²) in [6.45, 7) is 9.80. The summed E-state index contributed by atoms with van der Waals surface area (Å²) in [4.78, 5) is 2.93. The molecule has 0 radical (unpaired) electrons. The number of hydrogen-bond donors (Lipinski definition) is 1. The summed E-state index contributed by atoms with van der Waals surface area (Å²) in [6.07, 6.45) is 11.5. The standard InChI is InChI=1S/C17H32N2/c1-16(2,3)15-12-18-17(10-6-7-11-17)13-19(15)14-8-4-5-9-14/h14-15,18H,4-13H2,1-3H3. The highest BCUT2D eigenvalue weighted by Gasteiger charge is 2.46. The van der Waals surface area contributed by atoms with E-state index in [1.165, 1.54) is 64.5 Å². The Morgan fingerprint density at radius 1 is 1.00 bits per heavy atom. The summed E-state index contributed by atoms with van der Waals surface area (Å²) in [7, 11) is 0. The van der Waals surface area contributed by atoms with Crippen LogP contribution in [-0.2, 0) is 0 Å². The smallest absolute Gasteiger partial charge is 0.0309 e.